The number of sulfonamides is 1. The lowest BCUT2D eigenvalue weighted by molar-refractivity contribution is 0.0698. The Morgan fingerprint density at radius 1 is 1.26 bits per heavy atom. The Labute approximate surface area is 136 Å². The number of nitrogens with one attached hydrogen (secondary N) is 1. The molecular weight excluding hydrogens is 318 g/mol. The van der Waals surface area contributed by atoms with Gasteiger partial charge in [0.1, 0.15) is 0 Å². The van der Waals surface area contributed by atoms with Gasteiger partial charge in [-0.25, -0.2) is 13.2 Å². The van der Waals surface area contributed by atoms with E-state index in [1.807, 2.05) is 0 Å². The summed E-state index contributed by atoms with van der Waals surface area (Å²) in [6, 6.07) is 4.84. The molecule has 1 saturated heterocycles. The maximum absolute atomic E-state index is 11.7. The lowest BCUT2D eigenvalue weighted by atomic mass is 10.1. The Bertz CT molecular complexity index is 675. The molecule has 2 N–H and O–H groups in total. The molecule has 0 radical (unpaired) electrons. The standard InChI is InChI=1S/C15H23N3O4S/c1-3-23(21,22)16-14-6-5-12(11-13(14)15(19)20)18-8-4-7-17(2)9-10-18/h5-6,11,16H,3-4,7-10H2,1-2H3,(H,19,20). The van der Waals surface area contributed by atoms with Gasteiger partial charge in [-0.05, 0) is 45.1 Å². The number of anilines is 2. The van der Waals surface area contributed by atoms with E-state index in [1.165, 1.54) is 13.0 Å². The van der Waals surface area contributed by atoms with Gasteiger partial charge in [0.25, 0.3) is 0 Å². The molecule has 8 heteroatoms. The van der Waals surface area contributed by atoms with Crippen LogP contribution in [0.3, 0.4) is 0 Å². The van der Waals surface area contributed by atoms with E-state index in [1.54, 1.807) is 12.1 Å². The van der Waals surface area contributed by atoms with E-state index < -0.39 is 16.0 Å². The van der Waals surface area contributed by atoms with Crippen LogP contribution >= 0.6 is 0 Å². The minimum atomic E-state index is -3.51. The second kappa shape index (κ2) is 7.18. The molecule has 1 fully saturated rings. The molecule has 0 aliphatic carbocycles. The third-order valence-electron chi connectivity index (χ3n) is 3.96. The van der Waals surface area contributed by atoms with Gasteiger partial charge in [-0.1, -0.05) is 0 Å². The van der Waals surface area contributed by atoms with Crippen LogP contribution in [0.2, 0.25) is 0 Å². The summed E-state index contributed by atoms with van der Waals surface area (Å²) in [4.78, 5) is 15.9. The first-order valence-electron chi connectivity index (χ1n) is 7.63. The summed E-state index contributed by atoms with van der Waals surface area (Å²) in [5.41, 5.74) is 0.879. The maximum Gasteiger partial charge on any atom is 0.337 e. The van der Waals surface area contributed by atoms with Crippen molar-refractivity contribution in [3.05, 3.63) is 23.8 Å². The van der Waals surface area contributed by atoms with Gasteiger partial charge in [-0.2, -0.15) is 0 Å². The van der Waals surface area contributed by atoms with Crippen LogP contribution in [0.5, 0.6) is 0 Å². The van der Waals surface area contributed by atoms with Crippen LogP contribution in [0.15, 0.2) is 18.2 Å². The second-order valence-electron chi connectivity index (χ2n) is 5.68. The van der Waals surface area contributed by atoms with E-state index >= 15 is 0 Å². The van der Waals surface area contributed by atoms with Crippen molar-refractivity contribution in [3.63, 3.8) is 0 Å². The SMILES string of the molecule is CCS(=O)(=O)Nc1ccc(N2CCCN(C)CC2)cc1C(=O)O. The number of hydrogen-bond donors (Lipinski definition) is 2. The minimum absolute atomic E-state index is 0.0304. The van der Waals surface area contributed by atoms with Crippen molar-refractivity contribution in [3.8, 4) is 0 Å². The first-order chi connectivity index (χ1) is 10.8. The second-order valence-corrected chi connectivity index (χ2v) is 7.70. The Morgan fingerprint density at radius 3 is 2.65 bits per heavy atom. The first-order valence-corrected chi connectivity index (χ1v) is 9.29. The molecule has 1 heterocycles. The number of aromatic carboxylic acids is 1. The summed E-state index contributed by atoms with van der Waals surface area (Å²) >= 11 is 0. The average Bonchev–Trinajstić information content (AvgIpc) is 2.72. The van der Waals surface area contributed by atoms with Gasteiger partial charge in [-0.3, -0.25) is 4.72 Å². The van der Waals surface area contributed by atoms with Crippen molar-refractivity contribution in [1.29, 1.82) is 0 Å². The molecular formula is C15H23N3O4S. The molecule has 7 nitrogen and oxygen atoms in total. The van der Waals surface area contributed by atoms with Gasteiger partial charge in [0.2, 0.25) is 10.0 Å². The van der Waals surface area contributed by atoms with Crippen molar-refractivity contribution < 1.29 is 18.3 Å². The van der Waals surface area contributed by atoms with E-state index in [9.17, 15) is 18.3 Å². The number of likely N-dealkylation sites (N-methyl/N-ethyl adjacent to an activating group) is 1. The molecule has 0 atom stereocenters. The zero-order valence-corrected chi connectivity index (χ0v) is 14.3. The summed E-state index contributed by atoms with van der Waals surface area (Å²) in [5, 5.41) is 9.39. The molecule has 1 aromatic carbocycles. The molecule has 2 rings (SSSR count). The van der Waals surface area contributed by atoms with Crippen LogP contribution in [-0.4, -0.2) is 63.4 Å². The monoisotopic (exact) mass is 341 g/mol. The van der Waals surface area contributed by atoms with Crippen molar-refractivity contribution in [2.24, 2.45) is 0 Å². The topological polar surface area (TPSA) is 90.0 Å². The quantitative estimate of drug-likeness (QED) is 0.839. The third kappa shape index (κ3) is 4.59. The van der Waals surface area contributed by atoms with Crippen LogP contribution in [0, 0.1) is 0 Å². The predicted molar refractivity (Wildman–Crippen MR) is 90.8 cm³/mol. The highest BCUT2D eigenvalue weighted by Crippen LogP contribution is 2.25. The third-order valence-corrected chi connectivity index (χ3v) is 5.25. The molecule has 0 spiro atoms. The van der Waals surface area contributed by atoms with Crippen molar-refractivity contribution in [2.45, 2.75) is 13.3 Å². The lowest BCUT2D eigenvalue weighted by Gasteiger charge is -2.24. The van der Waals surface area contributed by atoms with Gasteiger partial charge >= 0.3 is 5.97 Å². The average molecular weight is 341 g/mol. The molecule has 0 bridgehead atoms. The van der Waals surface area contributed by atoms with Crippen molar-refractivity contribution >= 4 is 27.4 Å². The smallest absolute Gasteiger partial charge is 0.337 e. The van der Waals surface area contributed by atoms with Gasteiger partial charge < -0.3 is 14.9 Å². The summed E-state index contributed by atoms with van der Waals surface area (Å²) in [6.45, 7) is 5.09. The molecule has 1 aliphatic rings. The summed E-state index contributed by atoms with van der Waals surface area (Å²) in [5.74, 6) is -1.25. The predicted octanol–water partition coefficient (Wildman–Crippen LogP) is 1.29. The van der Waals surface area contributed by atoms with Crippen LogP contribution < -0.4 is 9.62 Å². The van der Waals surface area contributed by atoms with E-state index in [4.69, 9.17) is 0 Å². The highest BCUT2D eigenvalue weighted by molar-refractivity contribution is 7.92. The molecule has 0 amide bonds. The highest BCUT2D eigenvalue weighted by atomic mass is 32.2. The fourth-order valence-corrected chi connectivity index (χ4v) is 3.20. The lowest BCUT2D eigenvalue weighted by Crippen LogP contribution is -2.29. The van der Waals surface area contributed by atoms with E-state index in [0.29, 0.717) is 0 Å². The maximum atomic E-state index is 11.7. The van der Waals surface area contributed by atoms with Gasteiger partial charge in [0.05, 0.1) is 17.0 Å². The van der Waals surface area contributed by atoms with E-state index in [2.05, 4.69) is 21.6 Å². The van der Waals surface area contributed by atoms with Crippen molar-refractivity contribution in [1.82, 2.24) is 4.90 Å². The van der Waals surface area contributed by atoms with E-state index in [-0.39, 0.29) is 17.0 Å². The number of rotatable bonds is 5. The van der Waals surface area contributed by atoms with Crippen LogP contribution in [0.1, 0.15) is 23.7 Å². The Hall–Kier alpha value is -1.80. The fraction of sp³-hybridized carbons (Fsp3) is 0.533. The minimum Gasteiger partial charge on any atom is -0.478 e. The number of carbonyl (C=O) groups is 1. The van der Waals surface area contributed by atoms with Gasteiger partial charge in [-0.15, -0.1) is 0 Å². The largest absolute Gasteiger partial charge is 0.478 e. The Morgan fingerprint density at radius 2 is 2.00 bits per heavy atom. The highest BCUT2D eigenvalue weighted by Gasteiger charge is 2.19. The molecule has 0 unspecified atom stereocenters. The van der Waals surface area contributed by atoms with Crippen LogP contribution in [-0.2, 0) is 10.0 Å². The molecule has 1 aromatic rings. The normalized spacial score (nSPS) is 16.9. The number of benzene rings is 1. The summed E-state index contributed by atoms with van der Waals surface area (Å²) in [6.07, 6.45) is 1.00. The summed E-state index contributed by atoms with van der Waals surface area (Å²) < 4.78 is 25.7. The van der Waals surface area contributed by atoms with Crippen LogP contribution in [0.4, 0.5) is 11.4 Å². The van der Waals surface area contributed by atoms with E-state index in [0.717, 1.165) is 38.3 Å². The fourth-order valence-electron chi connectivity index (χ4n) is 2.54. The summed E-state index contributed by atoms with van der Waals surface area (Å²) in [7, 11) is -1.45. The van der Waals surface area contributed by atoms with Crippen molar-refractivity contribution in [2.75, 3.05) is 48.6 Å². The molecule has 128 valence electrons. The number of hydrogen-bond acceptors (Lipinski definition) is 5. The van der Waals surface area contributed by atoms with Crippen LogP contribution in [0.25, 0.3) is 0 Å². The number of carboxylic acids is 1. The molecule has 0 saturated carbocycles. The number of carboxylic acid groups (broad SMARTS) is 1. The zero-order chi connectivity index (χ0) is 17.0. The number of nitrogens with zero attached hydrogens (tertiary/aromatic N) is 2. The van der Waals surface area contributed by atoms with Gasteiger partial charge in [0.15, 0.2) is 0 Å². The molecule has 23 heavy (non-hydrogen) atoms. The van der Waals surface area contributed by atoms with Gasteiger partial charge in [0, 0.05) is 25.3 Å². The molecule has 1 aliphatic heterocycles. The Kier molecular flexibility index (Phi) is 5.48. The Balaban J connectivity index is 2.30. The molecule has 0 aromatic heterocycles. The first kappa shape index (κ1) is 17.6. The zero-order valence-electron chi connectivity index (χ0n) is 13.4.